The van der Waals surface area contributed by atoms with Crippen LogP contribution in [0.2, 0.25) is 5.02 Å². The molecule has 5 aromatic carbocycles. The van der Waals surface area contributed by atoms with Gasteiger partial charge < -0.3 is 16.0 Å². The third-order valence-corrected chi connectivity index (χ3v) is 8.33. The van der Waals surface area contributed by atoms with Crippen molar-refractivity contribution in [2.45, 2.75) is 23.5 Å². The highest BCUT2D eigenvalue weighted by atomic mass is 35.5. The number of nitrogens with one attached hydrogen (secondary N) is 3. The molecule has 0 fully saturated rings. The van der Waals surface area contributed by atoms with Gasteiger partial charge in [-0.3, -0.25) is 14.4 Å². The van der Waals surface area contributed by atoms with Crippen molar-refractivity contribution >= 4 is 69.3 Å². The largest absolute Gasteiger partial charge is 0.325 e. The summed E-state index contributed by atoms with van der Waals surface area (Å²) < 4.78 is 0. The number of rotatable bonds is 10. The fraction of sp³-hybridized carbons (Fsp3) is 0.0833. The molecule has 0 aromatic heterocycles. The molecule has 0 saturated carbocycles. The van der Waals surface area contributed by atoms with Gasteiger partial charge in [-0.1, -0.05) is 85.3 Å². The van der Waals surface area contributed by atoms with Crippen LogP contribution in [0.25, 0.3) is 16.8 Å². The molecule has 0 radical (unpaired) electrons. The normalized spacial score (nSPS) is 11.9. The molecule has 0 aliphatic rings. The summed E-state index contributed by atoms with van der Waals surface area (Å²) in [5.41, 5.74) is 2.40. The Labute approximate surface area is 265 Å². The van der Waals surface area contributed by atoms with Gasteiger partial charge in [0.25, 0.3) is 11.8 Å². The molecule has 5 rings (SSSR count). The second kappa shape index (κ2) is 14.6. The first kappa shape index (κ1) is 30.6. The van der Waals surface area contributed by atoms with E-state index in [-0.39, 0.29) is 16.9 Å². The van der Waals surface area contributed by atoms with Gasteiger partial charge in [-0.2, -0.15) is 0 Å². The monoisotopic (exact) mass is 619 g/mol. The molecule has 6 nitrogen and oxygen atoms in total. The quantitative estimate of drug-likeness (QED) is 0.108. The fourth-order valence-corrected chi connectivity index (χ4v) is 5.74. The van der Waals surface area contributed by atoms with Crippen molar-refractivity contribution in [1.82, 2.24) is 5.32 Å². The highest BCUT2D eigenvalue weighted by Crippen LogP contribution is 2.29. The molecule has 0 heterocycles. The average molecular weight is 620 g/mol. The zero-order chi connectivity index (χ0) is 30.9. The van der Waals surface area contributed by atoms with E-state index in [2.05, 4.69) is 16.0 Å². The van der Waals surface area contributed by atoms with Crippen molar-refractivity contribution < 1.29 is 14.4 Å². The Morgan fingerprint density at radius 2 is 1.48 bits per heavy atom. The van der Waals surface area contributed by atoms with Crippen LogP contribution in [0.15, 0.2) is 132 Å². The van der Waals surface area contributed by atoms with Gasteiger partial charge in [0.1, 0.15) is 5.70 Å². The van der Waals surface area contributed by atoms with Gasteiger partial charge in [0.15, 0.2) is 0 Å². The molecular weight excluding hydrogens is 590 g/mol. The first-order valence-electron chi connectivity index (χ1n) is 14.1. The number of amides is 3. The molecule has 0 bridgehead atoms. The molecule has 0 aliphatic carbocycles. The average Bonchev–Trinajstić information content (AvgIpc) is 3.03. The number of hydrogen-bond donors (Lipinski definition) is 3. The second-order valence-electron chi connectivity index (χ2n) is 9.98. The molecule has 5 aromatic rings. The van der Waals surface area contributed by atoms with Gasteiger partial charge in [-0.05, 0) is 83.4 Å². The minimum absolute atomic E-state index is 0.0559. The summed E-state index contributed by atoms with van der Waals surface area (Å²) in [6, 6.07) is 36.8. The third kappa shape index (κ3) is 8.16. The molecule has 0 aliphatic heterocycles. The van der Waals surface area contributed by atoms with Gasteiger partial charge in [-0.15, -0.1) is 11.8 Å². The summed E-state index contributed by atoms with van der Waals surface area (Å²) in [4.78, 5) is 40.4. The number of fused-ring (bicyclic) bond motifs is 1. The maximum Gasteiger partial charge on any atom is 0.272 e. The minimum atomic E-state index is -0.502. The second-order valence-corrected chi connectivity index (χ2v) is 11.7. The standard InChI is InChI=1S/C36H30ClN3O3S/c1-2-33(36(43)39-30-19-18-25-11-6-7-14-27(25)22-30)44-31-17-9-16-29(23-31)38-35(42)32(21-24-10-8-15-28(37)20-24)40-34(41)26-12-4-3-5-13-26/h3-23,33H,2H2,1H3,(H,38,42)(H,39,43)(H,40,41)/b32-21-. The van der Waals surface area contributed by atoms with Crippen LogP contribution in [0.5, 0.6) is 0 Å². The van der Waals surface area contributed by atoms with Crippen molar-refractivity contribution in [3.05, 3.63) is 143 Å². The summed E-state index contributed by atoms with van der Waals surface area (Å²) in [6.07, 6.45) is 2.18. The number of halogens is 1. The Kier molecular flexibility index (Phi) is 10.1. The van der Waals surface area contributed by atoms with Crippen molar-refractivity contribution in [3.63, 3.8) is 0 Å². The van der Waals surface area contributed by atoms with E-state index in [0.717, 1.165) is 21.4 Å². The number of carbonyl (C=O) groups is 3. The van der Waals surface area contributed by atoms with Crippen LogP contribution in [0.1, 0.15) is 29.3 Å². The highest BCUT2D eigenvalue weighted by Gasteiger charge is 2.19. The Hall–Kier alpha value is -4.85. The lowest BCUT2D eigenvalue weighted by molar-refractivity contribution is -0.116. The Balaban J connectivity index is 1.30. The molecule has 3 N–H and O–H groups in total. The Morgan fingerprint density at radius 3 is 2.25 bits per heavy atom. The lowest BCUT2D eigenvalue weighted by Crippen LogP contribution is -2.30. The van der Waals surface area contributed by atoms with Crippen LogP contribution in [-0.4, -0.2) is 23.0 Å². The summed E-state index contributed by atoms with van der Waals surface area (Å²) in [5, 5.41) is 11.0. The molecule has 0 spiro atoms. The molecule has 44 heavy (non-hydrogen) atoms. The predicted molar refractivity (Wildman–Crippen MR) is 181 cm³/mol. The molecule has 3 amide bonds. The van der Waals surface area contributed by atoms with Crippen molar-refractivity contribution in [1.29, 1.82) is 0 Å². The topological polar surface area (TPSA) is 87.3 Å². The van der Waals surface area contributed by atoms with Gasteiger partial charge in [0, 0.05) is 26.9 Å². The van der Waals surface area contributed by atoms with Gasteiger partial charge >= 0.3 is 0 Å². The molecular formula is C36H30ClN3O3S. The van der Waals surface area contributed by atoms with E-state index in [1.807, 2.05) is 73.7 Å². The Morgan fingerprint density at radius 1 is 0.750 bits per heavy atom. The number of thioether (sulfide) groups is 1. The summed E-state index contributed by atoms with van der Waals surface area (Å²) in [5.74, 6) is -1.02. The number of carbonyl (C=O) groups excluding carboxylic acids is 3. The maximum atomic E-state index is 13.5. The van der Waals surface area contributed by atoms with Crippen LogP contribution >= 0.6 is 23.4 Å². The first-order valence-corrected chi connectivity index (χ1v) is 15.3. The summed E-state index contributed by atoms with van der Waals surface area (Å²) >= 11 is 7.57. The van der Waals surface area contributed by atoms with E-state index in [1.54, 1.807) is 60.7 Å². The maximum absolute atomic E-state index is 13.5. The molecule has 0 saturated heterocycles. The minimum Gasteiger partial charge on any atom is -0.325 e. The zero-order valence-corrected chi connectivity index (χ0v) is 25.5. The smallest absolute Gasteiger partial charge is 0.272 e. The van der Waals surface area contributed by atoms with E-state index in [9.17, 15) is 14.4 Å². The van der Waals surface area contributed by atoms with Crippen LogP contribution in [0.4, 0.5) is 11.4 Å². The number of benzene rings is 5. The Bertz CT molecular complexity index is 1840. The van der Waals surface area contributed by atoms with Gasteiger partial charge in [0.2, 0.25) is 5.91 Å². The molecule has 8 heteroatoms. The lowest BCUT2D eigenvalue weighted by atomic mass is 10.1. The van der Waals surface area contributed by atoms with Crippen LogP contribution in [0.3, 0.4) is 0 Å². The van der Waals surface area contributed by atoms with Crippen LogP contribution in [-0.2, 0) is 9.59 Å². The van der Waals surface area contributed by atoms with Crippen molar-refractivity contribution in [2.24, 2.45) is 0 Å². The van der Waals surface area contributed by atoms with Crippen LogP contribution < -0.4 is 16.0 Å². The zero-order valence-electron chi connectivity index (χ0n) is 23.9. The lowest BCUT2D eigenvalue weighted by Gasteiger charge is -2.16. The molecule has 1 atom stereocenters. The fourth-order valence-electron chi connectivity index (χ4n) is 4.53. The van der Waals surface area contributed by atoms with E-state index in [1.165, 1.54) is 11.8 Å². The van der Waals surface area contributed by atoms with E-state index in [4.69, 9.17) is 11.6 Å². The van der Waals surface area contributed by atoms with E-state index < -0.39 is 11.8 Å². The summed E-state index contributed by atoms with van der Waals surface area (Å²) in [6.45, 7) is 1.96. The predicted octanol–water partition coefficient (Wildman–Crippen LogP) is 8.41. The highest BCUT2D eigenvalue weighted by molar-refractivity contribution is 8.00. The molecule has 1 unspecified atom stereocenters. The molecule has 220 valence electrons. The first-order chi connectivity index (χ1) is 21.4. The third-order valence-electron chi connectivity index (χ3n) is 6.74. The van der Waals surface area contributed by atoms with Gasteiger partial charge in [-0.25, -0.2) is 0 Å². The SMILES string of the molecule is CCC(Sc1cccc(NC(=O)/C(=C/c2cccc(Cl)c2)NC(=O)c2ccccc2)c1)C(=O)Nc1ccc2ccccc2c1. The van der Waals surface area contributed by atoms with E-state index >= 15 is 0 Å². The van der Waals surface area contributed by atoms with E-state index in [0.29, 0.717) is 28.3 Å². The van der Waals surface area contributed by atoms with Gasteiger partial charge in [0.05, 0.1) is 5.25 Å². The number of hydrogen-bond acceptors (Lipinski definition) is 4. The number of anilines is 2. The van der Waals surface area contributed by atoms with Crippen molar-refractivity contribution in [2.75, 3.05) is 10.6 Å². The summed E-state index contributed by atoms with van der Waals surface area (Å²) in [7, 11) is 0. The van der Waals surface area contributed by atoms with Crippen molar-refractivity contribution in [3.8, 4) is 0 Å². The van der Waals surface area contributed by atoms with Crippen LogP contribution in [0, 0.1) is 0 Å².